The molecule has 2 aromatic rings. The number of hydrogen-bond acceptors (Lipinski definition) is 5. The van der Waals surface area contributed by atoms with Crippen molar-refractivity contribution in [2.45, 2.75) is 45.7 Å². The molecule has 0 bridgehead atoms. The minimum Gasteiger partial charge on any atom is -0.326 e. The predicted octanol–water partition coefficient (Wildman–Crippen LogP) is 1.98. The maximum atomic E-state index is 13.3. The number of H-pyrrole nitrogens is 1. The van der Waals surface area contributed by atoms with Crippen LogP contribution in [0.2, 0.25) is 0 Å². The number of nitrogens with one attached hydrogen (secondary N) is 3. The van der Waals surface area contributed by atoms with Crippen LogP contribution in [0, 0.1) is 11.7 Å². The van der Waals surface area contributed by atoms with E-state index in [1.165, 1.54) is 18.2 Å². The molecule has 1 aliphatic heterocycles. The van der Waals surface area contributed by atoms with E-state index < -0.39 is 23.8 Å². The summed E-state index contributed by atoms with van der Waals surface area (Å²) in [6.07, 6.45) is 0.866. The molecule has 1 atom stereocenters. The van der Waals surface area contributed by atoms with Gasteiger partial charge in [0.15, 0.2) is 0 Å². The first-order valence-corrected chi connectivity index (χ1v) is 9.39. The maximum Gasteiger partial charge on any atom is 0.325 e. The van der Waals surface area contributed by atoms with Crippen LogP contribution >= 0.6 is 0 Å². The summed E-state index contributed by atoms with van der Waals surface area (Å²) < 4.78 is 13.3. The van der Waals surface area contributed by atoms with Crippen LogP contribution in [0.15, 0.2) is 24.3 Å². The first kappa shape index (κ1) is 20.4. The first-order chi connectivity index (χ1) is 13.8. The third-order valence-corrected chi connectivity index (χ3v) is 4.38. The molecule has 0 aliphatic carbocycles. The zero-order chi connectivity index (χ0) is 21.0. The monoisotopic (exact) mass is 402 g/mol. The number of hydrogen-bond donors (Lipinski definition) is 3. The zero-order valence-corrected chi connectivity index (χ0v) is 16.2. The van der Waals surface area contributed by atoms with Crippen LogP contribution in [0.4, 0.5) is 15.1 Å². The average molecular weight is 402 g/mol. The Hall–Kier alpha value is -3.30. The predicted molar refractivity (Wildman–Crippen MR) is 102 cm³/mol. The smallest absolute Gasteiger partial charge is 0.325 e. The summed E-state index contributed by atoms with van der Waals surface area (Å²) in [5.74, 6) is 0.0294. The second-order valence-corrected chi connectivity index (χ2v) is 7.35. The van der Waals surface area contributed by atoms with Gasteiger partial charge in [0.05, 0.1) is 6.54 Å². The number of nitrogens with zero attached hydrogens (tertiary/aromatic N) is 3. The third-order valence-electron chi connectivity index (χ3n) is 4.38. The van der Waals surface area contributed by atoms with Crippen molar-refractivity contribution in [3.8, 4) is 0 Å². The Morgan fingerprint density at radius 2 is 2.14 bits per heavy atom. The standard InChI is InChI=1S/C19H23FN6O3/c1-11(2)8-15-22-18(25-24-15)23-16(27)7-6-14-17(28)26(19(29)21-14)10-12-4-3-5-13(20)9-12/h3-5,9,11,14H,6-8,10H2,1-2H3,(H,21,29)(H2,22,23,24,25,27)/t14-/m1/s1. The van der Waals surface area contributed by atoms with E-state index in [9.17, 15) is 18.8 Å². The van der Waals surface area contributed by atoms with E-state index in [4.69, 9.17) is 0 Å². The summed E-state index contributed by atoms with van der Waals surface area (Å²) in [5.41, 5.74) is 0.508. The number of halogens is 1. The number of urea groups is 1. The van der Waals surface area contributed by atoms with Crippen LogP contribution in [-0.4, -0.2) is 44.0 Å². The summed E-state index contributed by atoms with van der Waals surface area (Å²) in [5, 5.41) is 11.8. The van der Waals surface area contributed by atoms with E-state index in [2.05, 4.69) is 25.8 Å². The number of benzene rings is 1. The van der Waals surface area contributed by atoms with Crippen molar-refractivity contribution in [3.05, 3.63) is 41.5 Å². The Kier molecular flexibility index (Phi) is 6.20. The Morgan fingerprint density at radius 3 is 2.86 bits per heavy atom. The number of aromatic nitrogens is 3. The molecule has 1 aromatic carbocycles. The van der Waals surface area contributed by atoms with Crippen LogP contribution in [0.1, 0.15) is 38.1 Å². The molecule has 0 radical (unpaired) electrons. The van der Waals surface area contributed by atoms with Gasteiger partial charge >= 0.3 is 6.03 Å². The van der Waals surface area contributed by atoms with E-state index in [0.29, 0.717) is 23.7 Å². The van der Waals surface area contributed by atoms with Crippen LogP contribution in [-0.2, 0) is 22.6 Å². The van der Waals surface area contributed by atoms with Gasteiger partial charge in [0.25, 0.3) is 5.91 Å². The second-order valence-electron chi connectivity index (χ2n) is 7.35. The highest BCUT2D eigenvalue weighted by atomic mass is 19.1. The normalized spacial score (nSPS) is 16.4. The molecule has 0 unspecified atom stereocenters. The van der Waals surface area contributed by atoms with E-state index in [0.717, 1.165) is 4.90 Å². The van der Waals surface area contributed by atoms with Crippen molar-refractivity contribution < 1.29 is 18.8 Å². The van der Waals surface area contributed by atoms with Crippen molar-refractivity contribution >= 4 is 23.8 Å². The Bertz CT molecular complexity index is 913. The van der Waals surface area contributed by atoms with Gasteiger partial charge in [-0.2, -0.15) is 4.98 Å². The van der Waals surface area contributed by atoms with Crippen LogP contribution in [0.3, 0.4) is 0 Å². The van der Waals surface area contributed by atoms with Crippen molar-refractivity contribution in [2.24, 2.45) is 5.92 Å². The lowest BCUT2D eigenvalue weighted by atomic mass is 10.1. The molecule has 0 saturated carbocycles. The van der Waals surface area contributed by atoms with Gasteiger partial charge < -0.3 is 5.32 Å². The van der Waals surface area contributed by atoms with Crippen molar-refractivity contribution in [2.75, 3.05) is 5.32 Å². The summed E-state index contributed by atoms with van der Waals surface area (Å²) >= 11 is 0. The first-order valence-electron chi connectivity index (χ1n) is 9.39. The molecular weight excluding hydrogens is 379 g/mol. The molecule has 4 amide bonds. The average Bonchev–Trinajstić information content (AvgIpc) is 3.18. The van der Waals surface area contributed by atoms with Gasteiger partial charge in [0.1, 0.15) is 17.7 Å². The number of aromatic amines is 1. The van der Waals surface area contributed by atoms with Crippen molar-refractivity contribution in [1.82, 2.24) is 25.4 Å². The number of anilines is 1. The van der Waals surface area contributed by atoms with Gasteiger partial charge in [0.2, 0.25) is 11.9 Å². The zero-order valence-electron chi connectivity index (χ0n) is 16.2. The molecule has 0 spiro atoms. The lowest BCUT2D eigenvalue weighted by molar-refractivity contribution is -0.128. The second kappa shape index (κ2) is 8.80. The van der Waals surface area contributed by atoms with Crippen molar-refractivity contribution in [3.63, 3.8) is 0 Å². The van der Waals surface area contributed by atoms with Crippen molar-refractivity contribution in [1.29, 1.82) is 0 Å². The van der Waals surface area contributed by atoms with Gasteiger partial charge in [-0.3, -0.25) is 24.9 Å². The maximum absolute atomic E-state index is 13.3. The Morgan fingerprint density at radius 1 is 1.34 bits per heavy atom. The molecule has 1 saturated heterocycles. The molecule has 1 fully saturated rings. The van der Waals surface area contributed by atoms with Gasteiger partial charge in [-0.15, -0.1) is 5.10 Å². The van der Waals surface area contributed by atoms with Crippen LogP contribution in [0.5, 0.6) is 0 Å². The number of rotatable bonds is 8. The van der Waals surface area contributed by atoms with Gasteiger partial charge in [-0.05, 0) is 30.0 Å². The van der Waals surface area contributed by atoms with Gasteiger partial charge in [-0.25, -0.2) is 9.18 Å². The highest BCUT2D eigenvalue weighted by Gasteiger charge is 2.37. The minimum atomic E-state index is -0.801. The number of imide groups is 1. The SMILES string of the molecule is CC(C)Cc1nc(NC(=O)CC[C@H]2NC(=O)N(Cc3cccc(F)c3)C2=O)n[nH]1. The fourth-order valence-electron chi connectivity index (χ4n) is 3.03. The number of amides is 4. The summed E-state index contributed by atoms with van der Waals surface area (Å²) in [4.78, 5) is 41.9. The molecule has 3 N–H and O–H groups in total. The lowest BCUT2D eigenvalue weighted by Crippen LogP contribution is -2.31. The fourth-order valence-corrected chi connectivity index (χ4v) is 3.03. The van der Waals surface area contributed by atoms with E-state index in [-0.39, 0.29) is 31.2 Å². The molecular formula is C19H23FN6O3. The molecule has 3 rings (SSSR count). The Labute approximate surface area is 167 Å². The number of carbonyl (C=O) groups excluding carboxylic acids is 3. The molecule has 1 aliphatic rings. The van der Waals surface area contributed by atoms with E-state index in [1.54, 1.807) is 6.07 Å². The van der Waals surface area contributed by atoms with Crippen LogP contribution in [0.25, 0.3) is 0 Å². The Balaban J connectivity index is 1.50. The quantitative estimate of drug-likeness (QED) is 0.583. The van der Waals surface area contributed by atoms with E-state index >= 15 is 0 Å². The summed E-state index contributed by atoms with van der Waals surface area (Å²) in [6.45, 7) is 4.07. The topological polar surface area (TPSA) is 120 Å². The van der Waals surface area contributed by atoms with E-state index in [1.807, 2.05) is 13.8 Å². The van der Waals surface area contributed by atoms with Gasteiger partial charge in [0, 0.05) is 12.8 Å². The fraction of sp³-hybridized carbons (Fsp3) is 0.421. The highest BCUT2D eigenvalue weighted by molar-refractivity contribution is 6.04. The largest absolute Gasteiger partial charge is 0.326 e. The molecule has 10 heteroatoms. The summed E-state index contributed by atoms with van der Waals surface area (Å²) in [7, 11) is 0. The summed E-state index contributed by atoms with van der Waals surface area (Å²) in [6, 6.07) is 4.35. The molecule has 9 nitrogen and oxygen atoms in total. The van der Waals surface area contributed by atoms with Crippen LogP contribution < -0.4 is 10.6 Å². The highest BCUT2D eigenvalue weighted by Crippen LogP contribution is 2.16. The molecule has 29 heavy (non-hydrogen) atoms. The van der Waals surface area contributed by atoms with Gasteiger partial charge in [-0.1, -0.05) is 26.0 Å². The molecule has 154 valence electrons. The molecule has 2 heterocycles. The number of carbonyl (C=O) groups is 3. The third kappa shape index (κ3) is 5.37. The molecule has 1 aromatic heterocycles. The minimum absolute atomic E-state index is 0.0124. The lowest BCUT2D eigenvalue weighted by Gasteiger charge is -2.13.